The molecule has 4 nitrogen and oxygen atoms in total. The minimum atomic E-state index is 0.114. The minimum Gasteiger partial charge on any atom is -0.504 e. The summed E-state index contributed by atoms with van der Waals surface area (Å²) in [7, 11) is 3.12. The molecule has 20 heavy (non-hydrogen) atoms. The summed E-state index contributed by atoms with van der Waals surface area (Å²) in [6.45, 7) is 0.532. The molecule has 0 saturated carbocycles. The maximum absolute atomic E-state index is 9.73. The second kappa shape index (κ2) is 6.39. The summed E-state index contributed by atoms with van der Waals surface area (Å²) >= 11 is 6.11. The van der Waals surface area contributed by atoms with Crippen molar-refractivity contribution in [3.63, 3.8) is 0 Å². The number of phenols is 1. The highest BCUT2D eigenvalue weighted by Gasteiger charge is 2.05. The topological polar surface area (TPSA) is 50.7 Å². The number of hydrogen-bond donors (Lipinski definition) is 2. The molecule has 2 aromatic carbocycles. The number of phenolic OH excluding ortho intramolecular Hbond substituents is 1. The van der Waals surface area contributed by atoms with Crippen LogP contribution in [0.1, 0.15) is 5.56 Å². The number of hydrogen-bond acceptors (Lipinski definition) is 4. The van der Waals surface area contributed by atoms with Crippen LogP contribution >= 0.6 is 11.6 Å². The summed E-state index contributed by atoms with van der Waals surface area (Å²) in [5, 5.41) is 13.5. The van der Waals surface area contributed by atoms with Gasteiger partial charge in [0.2, 0.25) is 0 Å². The van der Waals surface area contributed by atoms with Gasteiger partial charge in [0.15, 0.2) is 11.5 Å². The molecular weight excluding hydrogens is 278 g/mol. The Morgan fingerprint density at radius 1 is 1.10 bits per heavy atom. The molecule has 0 heterocycles. The monoisotopic (exact) mass is 293 g/mol. The Labute approximate surface area is 122 Å². The van der Waals surface area contributed by atoms with Gasteiger partial charge in [0.1, 0.15) is 5.75 Å². The summed E-state index contributed by atoms with van der Waals surface area (Å²) < 4.78 is 10.2. The van der Waals surface area contributed by atoms with E-state index in [-0.39, 0.29) is 5.75 Å². The van der Waals surface area contributed by atoms with Gasteiger partial charge in [-0.05, 0) is 29.8 Å². The second-order valence-corrected chi connectivity index (χ2v) is 4.61. The van der Waals surface area contributed by atoms with Crippen LogP contribution in [-0.2, 0) is 6.54 Å². The number of nitrogens with one attached hydrogen (secondary N) is 1. The largest absolute Gasteiger partial charge is 0.504 e. The first-order valence-electron chi connectivity index (χ1n) is 6.07. The Morgan fingerprint density at radius 2 is 1.90 bits per heavy atom. The van der Waals surface area contributed by atoms with Gasteiger partial charge < -0.3 is 19.9 Å². The van der Waals surface area contributed by atoms with Crippen molar-refractivity contribution in [2.24, 2.45) is 0 Å². The molecule has 0 aliphatic rings. The molecule has 0 aliphatic carbocycles. The van der Waals surface area contributed by atoms with Crippen molar-refractivity contribution >= 4 is 17.3 Å². The van der Waals surface area contributed by atoms with Gasteiger partial charge in [-0.1, -0.05) is 17.7 Å². The summed E-state index contributed by atoms with van der Waals surface area (Å²) in [5.74, 6) is 1.30. The van der Waals surface area contributed by atoms with Crippen LogP contribution in [0.5, 0.6) is 17.2 Å². The van der Waals surface area contributed by atoms with Crippen LogP contribution in [0.3, 0.4) is 0 Å². The van der Waals surface area contributed by atoms with Crippen LogP contribution in [-0.4, -0.2) is 19.3 Å². The predicted molar refractivity (Wildman–Crippen MR) is 80.0 cm³/mol. The molecule has 5 heteroatoms. The van der Waals surface area contributed by atoms with Crippen LogP contribution < -0.4 is 14.8 Å². The molecule has 106 valence electrons. The average molecular weight is 294 g/mol. The quantitative estimate of drug-likeness (QED) is 0.883. The van der Waals surface area contributed by atoms with Gasteiger partial charge in [-0.15, -0.1) is 0 Å². The first-order chi connectivity index (χ1) is 9.63. The van der Waals surface area contributed by atoms with E-state index in [0.29, 0.717) is 17.3 Å². The molecule has 0 aliphatic heterocycles. The Morgan fingerprint density at radius 3 is 2.55 bits per heavy atom. The zero-order chi connectivity index (χ0) is 14.5. The zero-order valence-electron chi connectivity index (χ0n) is 11.3. The molecule has 0 atom stereocenters. The number of anilines is 1. The molecule has 2 N–H and O–H groups in total. The Kier molecular flexibility index (Phi) is 4.58. The van der Waals surface area contributed by atoms with Gasteiger partial charge in [-0.2, -0.15) is 0 Å². The predicted octanol–water partition coefficient (Wildman–Crippen LogP) is 3.67. The van der Waals surface area contributed by atoms with Gasteiger partial charge in [0, 0.05) is 12.6 Å². The summed E-state index contributed by atoms with van der Waals surface area (Å²) in [6.07, 6.45) is 0. The summed E-state index contributed by atoms with van der Waals surface area (Å²) in [6, 6.07) is 10.6. The first kappa shape index (κ1) is 14.3. The minimum absolute atomic E-state index is 0.114. The van der Waals surface area contributed by atoms with Gasteiger partial charge in [-0.25, -0.2) is 0 Å². The lowest BCUT2D eigenvalue weighted by molar-refractivity contribution is 0.373. The van der Waals surface area contributed by atoms with E-state index in [0.717, 1.165) is 17.0 Å². The second-order valence-electron chi connectivity index (χ2n) is 4.21. The van der Waals surface area contributed by atoms with Crippen molar-refractivity contribution in [2.75, 3.05) is 19.5 Å². The molecule has 0 radical (unpaired) electrons. The SMILES string of the molecule is COc1ccc(Cl)c(NCc2ccc(OC)c(O)c2)c1. The fourth-order valence-electron chi connectivity index (χ4n) is 1.81. The summed E-state index contributed by atoms with van der Waals surface area (Å²) in [4.78, 5) is 0. The lowest BCUT2D eigenvalue weighted by Gasteiger charge is -2.11. The van der Waals surface area contributed by atoms with Crippen molar-refractivity contribution in [2.45, 2.75) is 6.54 Å². The van der Waals surface area contributed by atoms with Crippen molar-refractivity contribution in [3.8, 4) is 17.2 Å². The van der Waals surface area contributed by atoms with Crippen molar-refractivity contribution in [1.29, 1.82) is 0 Å². The van der Waals surface area contributed by atoms with Crippen LogP contribution in [0.4, 0.5) is 5.69 Å². The third-order valence-electron chi connectivity index (χ3n) is 2.90. The van der Waals surface area contributed by atoms with E-state index in [1.807, 2.05) is 12.1 Å². The van der Waals surface area contributed by atoms with E-state index < -0.39 is 0 Å². The molecule has 2 aromatic rings. The number of rotatable bonds is 5. The maximum Gasteiger partial charge on any atom is 0.160 e. The van der Waals surface area contributed by atoms with Crippen molar-refractivity contribution in [3.05, 3.63) is 47.0 Å². The smallest absolute Gasteiger partial charge is 0.160 e. The van der Waals surface area contributed by atoms with E-state index >= 15 is 0 Å². The lowest BCUT2D eigenvalue weighted by atomic mass is 10.2. The number of halogens is 1. The van der Waals surface area contributed by atoms with E-state index in [1.54, 1.807) is 31.4 Å². The normalized spacial score (nSPS) is 10.2. The molecule has 0 unspecified atom stereocenters. The summed E-state index contributed by atoms with van der Waals surface area (Å²) in [5.41, 5.74) is 1.70. The van der Waals surface area contributed by atoms with Gasteiger partial charge in [-0.3, -0.25) is 0 Å². The van der Waals surface area contributed by atoms with E-state index in [1.165, 1.54) is 7.11 Å². The van der Waals surface area contributed by atoms with E-state index in [2.05, 4.69) is 5.32 Å². The molecule has 0 amide bonds. The molecule has 0 aromatic heterocycles. The van der Waals surface area contributed by atoms with E-state index in [4.69, 9.17) is 21.1 Å². The molecule has 0 spiro atoms. The molecular formula is C15H16ClNO3. The number of benzene rings is 2. The third kappa shape index (κ3) is 3.27. The Bertz CT molecular complexity index is 602. The maximum atomic E-state index is 9.73. The van der Waals surface area contributed by atoms with Gasteiger partial charge in [0.25, 0.3) is 0 Å². The van der Waals surface area contributed by atoms with Crippen LogP contribution in [0.2, 0.25) is 5.02 Å². The fraction of sp³-hybridized carbons (Fsp3) is 0.200. The van der Waals surface area contributed by atoms with E-state index in [9.17, 15) is 5.11 Å². The lowest BCUT2D eigenvalue weighted by Crippen LogP contribution is -2.00. The zero-order valence-corrected chi connectivity index (χ0v) is 12.1. The fourth-order valence-corrected chi connectivity index (χ4v) is 1.99. The average Bonchev–Trinajstić information content (AvgIpc) is 2.46. The highest BCUT2D eigenvalue weighted by Crippen LogP contribution is 2.29. The van der Waals surface area contributed by atoms with Crippen molar-refractivity contribution in [1.82, 2.24) is 0 Å². The highest BCUT2D eigenvalue weighted by molar-refractivity contribution is 6.33. The van der Waals surface area contributed by atoms with Crippen LogP contribution in [0.15, 0.2) is 36.4 Å². The molecule has 2 rings (SSSR count). The Balaban J connectivity index is 2.10. The molecule has 0 fully saturated rings. The first-order valence-corrected chi connectivity index (χ1v) is 6.45. The highest BCUT2D eigenvalue weighted by atomic mass is 35.5. The van der Waals surface area contributed by atoms with Gasteiger partial charge in [0.05, 0.1) is 24.9 Å². The van der Waals surface area contributed by atoms with Crippen LogP contribution in [0, 0.1) is 0 Å². The standard InChI is InChI=1S/C15H16ClNO3/c1-19-11-4-5-12(16)13(8-11)17-9-10-3-6-15(20-2)14(18)7-10/h3-8,17-18H,9H2,1-2H3. The van der Waals surface area contributed by atoms with Crippen molar-refractivity contribution < 1.29 is 14.6 Å². The number of methoxy groups -OCH3 is 2. The molecule has 0 saturated heterocycles. The van der Waals surface area contributed by atoms with Gasteiger partial charge >= 0.3 is 0 Å². The Hall–Kier alpha value is -2.07. The third-order valence-corrected chi connectivity index (χ3v) is 3.23. The van der Waals surface area contributed by atoms with Crippen LogP contribution in [0.25, 0.3) is 0 Å². The molecule has 0 bridgehead atoms. The number of ether oxygens (including phenoxy) is 2. The number of aromatic hydroxyl groups is 1.